The summed E-state index contributed by atoms with van der Waals surface area (Å²) in [5, 5.41) is 9.29. The summed E-state index contributed by atoms with van der Waals surface area (Å²) in [7, 11) is 0. The first kappa shape index (κ1) is 13.5. The largest absolute Gasteiger partial charge is 0.377 e. The van der Waals surface area contributed by atoms with E-state index in [4.69, 9.17) is 4.74 Å². The van der Waals surface area contributed by atoms with Crippen LogP contribution < -0.4 is 5.32 Å². The maximum Gasteiger partial charge on any atom is 0.258 e. The van der Waals surface area contributed by atoms with Gasteiger partial charge in [-0.1, -0.05) is 0 Å². The van der Waals surface area contributed by atoms with Crippen LogP contribution in [0.3, 0.4) is 0 Å². The number of hydrogen-bond donors (Lipinski definition) is 2. The van der Waals surface area contributed by atoms with Crippen LogP contribution in [-0.4, -0.2) is 59.3 Å². The van der Waals surface area contributed by atoms with Crippen molar-refractivity contribution >= 4 is 11.8 Å². The lowest BCUT2D eigenvalue weighted by molar-refractivity contribution is -0.130. The second-order valence-corrected chi connectivity index (χ2v) is 4.39. The highest BCUT2D eigenvalue weighted by atomic mass is 16.5. The Balaban J connectivity index is 2.18. The number of H-pyrrole nitrogens is 1. The Morgan fingerprint density at radius 1 is 1.63 bits per heavy atom. The van der Waals surface area contributed by atoms with E-state index >= 15 is 0 Å². The van der Waals surface area contributed by atoms with Gasteiger partial charge in [0.1, 0.15) is 6.04 Å². The number of carbonyl (C=O) groups is 2. The van der Waals surface area contributed by atoms with E-state index in [1.54, 1.807) is 11.8 Å². The summed E-state index contributed by atoms with van der Waals surface area (Å²) >= 11 is 0. The molecule has 0 saturated carbocycles. The average Bonchev–Trinajstić information content (AvgIpc) is 2.84. The first-order valence-electron chi connectivity index (χ1n) is 6.31. The molecule has 1 unspecified atom stereocenters. The molecule has 1 saturated heterocycles. The highest BCUT2D eigenvalue weighted by molar-refractivity contribution is 5.98. The van der Waals surface area contributed by atoms with E-state index in [1.165, 1.54) is 6.20 Å². The number of carbonyl (C=O) groups excluding carboxylic acids is 2. The number of aromatic amines is 1. The lowest BCUT2D eigenvalue weighted by Crippen LogP contribution is -2.55. The molecular weight excluding hydrogens is 248 g/mol. The van der Waals surface area contributed by atoms with Gasteiger partial charge in [0.25, 0.3) is 5.91 Å². The zero-order valence-corrected chi connectivity index (χ0v) is 11.1. The van der Waals surface area contributed by atoms with Gasteiger partial charge in [-0.05, 0) is 13.8 Å². The molecule has 1 aromatic rings. The van der Waals surface area contributed by atoms with Crippen molar-refractivity contribution in [2.75, 3.05) is 26.3 Å². The second-order valence-electron chi connectivity index (χ2n) is 4.39. The Labute approximate surface area is 111 Å². The molecule has 7 heteroatoms. The molecule has 104 valence electrons. The van der Waals surface area contributed by atoms with E-state index in [1.807, 2.05) is 6.92 Å². The van der Waals surface area contributed by atoms with Gasteiger partial charge in [-0.2, -0.15) is 5.10 Å². The van der Waals surface area contributed by atoms with Crippen LogP contribution in [0.5, 0.6) is 0 Å². The molecule has 0 aliphatic carbocycles. The normalized spacial score (nSPS) is 19.3. The molecule has 0 bridgehead atoms. The van der Waals surface area contributed by atoms with Crippen molar-refractivity contribution in [2.45, 2.75) is 19.9 Å². The summed E-state index contributed by atoms with van der Waals surface area (Å²) in [6, 6.07) is -0.574. The van der Waals surface area contributed by atoms with Crippen molar-refractivity contribution in [3.8, 4) is 0 Å². The quantitative estimate of drug-likeness (QED) is 0.786. The molecule has 2 amide bonds. The SMILES string of the molecule is CCNC(=O)C1COCCN1C(=O)c1cn[nH]c1C. The van der Waals surface area contributed by atoms with Gasteiger partial charge in [-0.25, -0.2) is 0 Å². The van der Waals surface area contributed by atoms with Crippen molar-refractivity contribution < 1.29 is 14.3 Å². The van der Waals surface area contributed by atoms with Gasteiger partial charge in [0.15, 0.2) is 0 Å². The maximum atomic E-state index is 12.4. The van der Waals surface area contributed by atoms with E-state index in [-0.39, 0.29) is 18.4 Å². The van der Waals surface area contributed by atoms with Crippen molar-refractivity contribution in [3.63, 3.8) is 0 Å². The van der Waals surface area contributed by atoms with Gasteiger partial charge in [0, 0.05) is 18.8 Å². The molecular formula is C12H18N4O3. The first-order chi connectivity index (χ1) is 9.15. The molecule has 1 aliphatic heterocycles. The molecule has 19 heavy (non-hydrogen) atoms. The van der Waals surface area contributed by atoms with Gasteiger partial charge in [0.05, 0.1) is 25.0 Å². The molecule has 0 spiro atoms. The van der Waals surface area contributed by atoms with Gasteiger partial charge < -0.3 is 15.0 Å². The minimum absolute atomic E-state index is 0.184. The smallest absolute Gasteiger partial charge is 0.258 e. The van der Waals surface area contributed by atoms with E-state index in [9.17, 15) is 9.59 Å². The van der Waals surface area contributed by atoms with Crippen LogP contribution in [0.15, 0.2) is 6.20 Å². The van der Waals surface area contributed by atoms with Gasteiger partial charge in [-0.15, -0.1) is 0 Å². The van der Waals surface area contributed by atoms with Crippen molar-refractivity contribution in [3.05, 3.63) is 17.5 Å². The monoisotopic (exact) mass is 266 g/mol. The van der Waals surface area contributed by atoms with Gasteiger partial charge >= 0.3 is 0 Å². The van der Waals surface area contributed by atoms with Crippen LogP contribution in [-0.2, 0) is 9.53 Å². The average molecular weight is 266 g/mol. The number of aromatic nitrogens is 2. The molecule has 0 aromatic carbocycles. The summed E-state index contributed by atoms with van der Waals surface area (Å²) in [6.07, 6.45) is 1.49. The van der Waals surface area contributed by atoms with Crippen molar-refractivity contribution in [2.24, 2.45) is 0 Å². The Morgan fingerprint density at radius 2 is 2.42 bits per heavy atom. The third-order valence-electron chi connectivity index (χ3n) is 3.10. The summed E-state index contributed by atoms with van der Waals surface area (Å²) in [4.78, 5) is 25.9. The van der Waals surface area contributed by atoms with Crippen molar-refractivity contribution in [1.82, 2.24) is 20.4 Å². The van der Waals surface area contributed by atoms with Crippen LogP contribution >= 0.6 is 0 Å². The van der Waals surface area contributed by atoms with Crippen LogP contribution in [0, 0.1) is 6.92 Å². The number of hydrogen-bond acceptors (Lipinski definition) is 4. The maximum absolute atomic E-state index is 12.4. The number of nitrogens with zero attached hydrogens (tertiary/aromatic N) is 2. The zero-order valence-electron chi connectivity index (χ0n) is 11.1. The topological polar surface area (TPSA) is 87.3 Å². The lowest BCUT2D eigenvalue weighted by atomic mass is 10.1. The molecule has 1 atom stereocenters. The molecule has 1 aliphatic rings. The Morgan fingerprint density at radius 3 is 3.05 bits per heavy atom. The molecule has 7 nitrogen and oxygen atoms in total. The standard InChI is InChI=1S/C12H18N4O3/c1-3-13-11(17)10-7-19-5-4-16(10)12(18)9-6-14-15-8(9)2/h6,10H,3-5,7H2,1-2H3,(H,13,17)(H,14,15). The molecule has 2 heterocycles. The minimum Gasteiger partial charge on any atom is -0.377 e. The van der Waals surface area contributed by atoms with E-state index in [0.29, 0.717) is 31.0 Å². The number of ether oxygens (including phenoxy) is 1. The number of likely N-dealkylation sites (N-methyl/N-ethyl adjacent to an activating group) is 1. The number of aryl methyl sites for hydroxylation is 1. The van der Waals surface area contributed by atoms with Crippen molar-refractivity contribution in [1.29, 1.82) is 0 Å². The molecule has 0 radical (unpaired) electrons. The van der Waals surface area contributed by atoms with E-state index in [2.05, 4.69) is 15.5 Å². The number of nitrogens with one attached hydrogen (secondary N) is 2. The number of rotatable bonds is 3. The second kappa shape index (κ2) is 5.83. The first-order valence-corrected chi connectivity index (χ1v) is 6.31. The zero-order chi connectivity index (χ0) is 13.8. The summed E-state index contributed by atoms with van der Waals surface area (Å²) in [5.41, 5.74) is 1.20. The molecule has 1 aromatic heterocycles. The highest BCUT2D eigenvalue weighted by Gasteiger charge is 2.33. The summed E-state index contributed by atoms with van der Waals surface area (Å²) < 4.78 is 5.30. The Hall–Kier alpha value is -1.89. The Kier molecular flexibility index (Phi) is 4.16. The van der Waals surface area contributed by atoms with Crippen LogP contribution in [0.25, 0.3) is 0 Å². The van der Waals surface area contributed by atoms with Crippen LogP contribution in [0.4, 0.5) is 0 Å². The number of amides is 2. The third kappa shape index (κ3) is 2.76. The summed E-state index contributed by atoms with van der Waals surface area (Å²) in [5.74, 6) is -0.373. The van der Waals surface area contributed by atoms with Gasteiger partial charge in [-0.3, -0.25) is 14.7 Å². The van der Waals surface area contributed by atoms with E-state index in [0.717, 1.165) is 0 Å². The highest BCUT2D eigenvalue weighted by Crippen LogP contribution is 2.14. The lowest BCUT2D eigenvalue weighted by Gasteiger charge is -2.34. The fourth-order valence-electron chi connectivity index (χ4n) is 2.08. The third-order valence-corrected chi connectivity index (χ3v) is 3.10. The van der Waals surface area contributed by atoms with Gasteiger partial charge in [0.2, 0.25) is 5.91 Å². The fraction of sp³-hybridized carbons (Fsp3) is 0.583. The predicted octanol–water partition coefficient (Wildman–Crippen LogP) is -0.305. The molecule has 2 N–H and O–H groups in total. The van der Waals surface area contributed by atoms with E-state index < -0.39 is 6.04 Å². The Bertz CT molecular complexity index is 471. The van der Waals surface area contributed by atoms with Crippen LogP contribution in [0.1, 0.15) is 23.0 Å². The summed E-state index contributed by atoms with van der Waals surface area (Å²) in [6.45, 7) is 5.23. The predicted molar refractivity (Wildman–Crippen MR) is 67.7 cm³/mol. The fourth-order valence-corrected chi connectivity index (χ4v) is 2.08. The van der Waals surface area contributed by atoms with Crippen LogP contribution in [0.2, 0.25) is 0 Å². The number of morpholine rings is 1. The molecule has 2 rings (SSSR count). The minimum atomic E-state index is -0.574. The molecule has 1 fully saturated rings.